The van der Waals surface area contributed by atoms with Crippen LogP contribution in [0.4, 0.5) is 0 Å². The molecule has 9 heteroatoms. The highest BCUT2D eigenvalue weighted by molar-refractivity contribution is 5.81. The SMILES string of the molecule is CCCCCC(=O)Oc1ccc(C[C@](N)(CCOC(=O)C(C)C)C(=O)OC)cc1OC(=O)CCCCC. The van der Waals surface area contributed by atoms with Crippen LogP contribution in [0.5, 0.6) is 11.5 Å². The summed E-state index contributed by atoms with van der Waals surface area (Å²) in [4.78, 5) is 49.1. The Morgan fingerprint density at radius 2 is 1.46 bits per heavy atom. The summed E-state index contributed by atoms with van der Waals surface area (Å²) < 4.78 is 21.2. The lowest BCUT2D eigenvalue weighted by Crippen LogP contribution is -2.51. The molecule has 0 saturated heterocycles. The minimum Gasteiger partial charge on any atom is -0.468 e. The zero-order valence-electron chi connectivity index (χ0n) is 22.9. The van der Waals surface area contributed by atoms with E-state index in [1.54, 1.807) is 19.9 Å². The van der Waals surface area contributed by atoms with E-state index in [2.05, 4.69) is 0 Å². The van der Waals surface area contributed by atoms with Crippen LogP contribution < -0.4 is 15.2 Å². The van der Waals surface area contributed by atoms with Gasteiger partial charge in [0.05, 0.1) is 19.6 Å². The van der Waals surface area contributed by atoms with E-state index in [1.165, 1.54) is 19.2 Å². The number of carbonyl (C=O) groups is 4. The lowest BCUT2D eigenvalue weighted by molar-refractivity contribution is -0.152. The monoisotopic (exact) mass is 521 g/mol. The maximum atomic E-state index is 12.6. The van der Waals surface area contributed by atoms with Crippen molar-refractivity contribution in [1.29, 1.82) is 0 Å². The van der Waals surface area contributed by atoms with Crippen molar-refractivity contribution < 1.29 is 38.1 Å². The van der Waals surface area contributed by atoms with Gasteiger partial charge in [0.1, 0.15) is 5.54 Å². The summed E-state index contributed by atoms with van der Waals surface area (Å²) in [5.41, 5.74) is 5.47. The van der Waals surface area contributed by atoms with Crippen molar-refractivity contribution in [2.45, 2.75) is 97.4 Å². The number of hydrogen-bond donors (Lipinski definition) is 1. The van der Waals surface area contributed by atoms with Crippen LogP contribution in [0.2, 0.25) is 0 Å². The van der Waals surface area contributed by atoms with E-state index in [-0.39, 0.29) is 49.7 Å². The predicted octanol–water partition coefficient (Wildman–Crippen LogP) is 4.66. The molecule has 0 saturated carbocycles. The van der Waals surface area contributed by atoms with E-state index in [1.807, 2.05) is 13.8 Å². The molecule has 0 aliphatic carbocycles. The number of carbonyl (C=O) groups excluding carboxylic acids is 4. The molecular formula is C28H43NO8. The third kappa shape index (κ3) is 11.8. The van der Waals surface area contributed by atoms with E-state index in [0.29, 0.717) is 18.4 Å². The maximum absolute atomic E-state index is 12.6. The summed E-state index contributed by atoms with van der Waals surface area (Å²) in [5, 5.41) is 0. The summed E-state index contributed by atoms with van der Waals surface area (Å²) in [6, 6.07) is 4.71. The number of methoxy groups -OCH3 is 1. The van der Waals surface area contributed by atoms with Crippen molar-refractivity contribution in [1.82, 2.24) is 0 Å². The molecule has 0 spiro atoms. The van der Waals surface area contributed by atoms with Crippen molar-refractivity contribution >= 4 is 23.9 Å². The average molecular weight is 522 g/mol. The van der Waals surface area contributed by atoms with E-state index in [9.17, 15) is 19.2 Å². The van der Waals surface area contributed by atoms with Gasteiger partial charge in [0.2, 0.25) is 0 Å². The Balaban J connectivity index is 3.13. The Morgan fingerprint density at radius 3 is 1.97 bits per heavy atom. The minimum absolute atomic E-state index is 0.0179. The van der Waals surface area contributed by atoms with E-state index in [4.69, 9.17) is 24.7 Å². The summed E-state index contributed by atoms with van der Waals surface area (Å²) in [6.45, 7) is 7.44. The number of hydrogen-bond acceptors (Lipinski definition) is 9. The van der Waals surface area contributed by atoms with Crippen LogP contribution in [0.1, 0.15) is 91.0 Å². The van der Waals surface area contributed by atoms with Crippen LogP contribution >= 0.6 is 0 Å². The highest BCUT2D eigenvalue weighted by Gasteiger charge is 2.36. The molecule has 2 N–H and O–H groups in total. The topological polar surface area (TPSA) is 131 Å². The molecule has 0 heterocycles. The Morgan fingerprint density at radius 1 is 0.892 bits per heavy atom. The highest BCUT2D eigenvalue weighted by atomic mass is 16.6. The van der Waals surface area contributed by atoms with Crippen molar-refractivity contribution in [2.75, 3.05) is 13.7 Å². The molecule has 0 aliphatic rings. The molecule has 0 amide bonds. The van der Waals surface area contributed by atoms with Gasteiger partial charge < -0.3 is 24.7 Å². The molecule has 0 fully saturated rings. The van der Waals surface area contributed by atoms with Crippen molar-refractivity contribution in [2.24, 2.45) is 11.7 Å². The van der Waals surface area contributed by atoms with E-state index in [0.717, 1.165) is 25.7 Å². The van der Waals surface area contributed by atoms with Crippen LogP contribution in [0.3, 0.4) is 0 Å². The summed E-state index contributed by atoms with van der Waals surface area (Å²) >= 11 is 0. The fraction of sp³-hybridized carbons (Fsp3) is 0.643. The molecule has 0 aromatic heterocycles. The Labute approximate surface area is 220 Å². The Bertz CT molecular complexity index is 898. The number of benzene rings is 1. The second-order valence-electron chi connectivity index (χ2n) is 9.54. The first-order chi connectivity index (χ1) is 17.6. The van der Waals surface area contributed by atoms with Crippen LogP contribution in [0.25, 0.3) is 0 Å². The normalized spacial score (nSPS) is 12.5. The number of rotatable bonds is 17. The zero-order chi connectivity index (χ0) is 27.8. The Hall–Kier alpha value is -2.94. The molecular weight excluding hydrogens is 478 g/mol. The molecule has 1 aromatic rings. The summed E-state index contributed by atoms with van der Waals surface area (Å²) in [6.07, 6.45) is 5.65. The smallest absolute Gasteiger partial charge is 0.326 e. The molecule has 0 radical (unpaired) electrons. The first-order valence-corrected chi connectivity index (χ1v) is 13.1. The summed E-state index contributed by atoms with van der Waals surface area (Å²) in [5.74, 6) is -2.02. The fourth-order valence-electron chi connectivity index (χ4n) is 3.54. The lowest BCUT2D eigenvalue weighted by Gasteiger charge is -2.27. The third-order valence-corrected chi connectivity index (χ3v) is 5.80. The van der Waals surface area contributed by atoms with Crippen LogP contribution in [0.15, 0.2) is 18.2 Å². The minimum atomic E-state index is -1.49. The van der Waals surface area contributed by atoms with Crippen molar-refractivity contribution in [3.05, 3.63) is 23.8 Å². The van der Waals surface area contributed by atoms with E-state index < -0.39 is 29.4 Å². The summed E-state index contributed by atoms with van der Waals surface area (Å²) in [7, 11) is 1.23. The average Bonchev–Trinajstić information content (AvgIpc) is 2.85. The van der Waals surface area contributed by atoms with Gasteiger partial charge in [-0.25, -0.2) is 0 Å². The first-order valence-electron chi connectivity index (χ1n) is 13.1. The molecule has 208 valence electrons. The lowest BCUT2D eigenvalue weighted by atomic mass is 9.88. The van der Waals surface area contributed by atoms with Gasteiger partial charge in [-0.1, -0.05) is 59.4 Å². The molecule has 1 aromatic carbocycles. The van der Waals surface area contributed by atoms with Gasteiger partial charge in [-0.15, -0.1) is 0 Å². The van der Waals surface area contributed by atoms with Gasteiger partial charge >= 0.3 is 23.9 Å². The van der Waals surface area contributed by atoms with Crippen LogP contribution in [0, 0.1) is 5.92 Å². The van der Waals surface area contributed by atoms with E-state index >= 15 is 0 Å². The molecule has 1 rings (SSSR count). The predicted molar refractivity (Wildman–Crippen MR) is 139 cm³/mol. The Kier molecular flexibility index (Phi) is 14.5. The standard InChI is InChI=1S/C28H43NO8/c1-6-8-10-12-24(30)36-22-15-14-21(18-23(22)37-25(31)13-11-9-7-2)19-28(29,27(33)34-5)16-17-35-26(32)20(3)4/h14-15,18,20H,6-13,16-17,19,29H2,1-5H3/t28-/m1/s1. The molecule has 9 nitrogen and oxygen atoms in total. The van der Waals surface area contributed by atoms with Gasteiger partial charge in [-0.05, 0) is 30.5 Å². The number of ether oxygens (including phenoxy) is 4. The van der Waals surface area contributed by atoms with Gasteiger partial charge in [-0.2, -0.15) is 0 Å². The second-order valence-corrected chi connectivity index (χ2v) is 9.54. The largest absolute Gasteiger partial charge is 0.468 e. The molecule has 0 bridgehead atoms. The number of nitrogens with two attached hydrogens (primary N) is 1. The van der Waals surface area contributed by atoms with Crippen molar-refractivity contribution in [3.63, 3.8) is 0 Å². The van der Waals surface area contributed by atoms with Crippen LogP contribution in [-0.4, -0.2) is 43.1 Å². The second kappa shape index (κ2) is 16.7. The number of esters is 4. The highest BCUT2D eigenvalue weighted by Crippen LogP contribution is 2.31. The van der Waals surface area contributed by atoms with Gasteiger partial charge in [0, 0.05) is 25.7 Å². The van der Waals surface area contributed by atoms with Gasteiger partial charge in [-0.3, -0.25) is 19.2 Å². The third-order valence-electron chi connectivity index (χ3n) is 5.80. The van der Waals surface area contributed by atoms with Gasteiger partial charge in [0.25, 0.3) is 0 Å². The molecule has 37 heavy (non-hydrogen) atoms. The van der Waals surface area contributed by atoms with Gasteiger partial charge in [0.15, 0.2) is 11.5 Å². The molecule has 0 unspecified atom stereocenters. The maximum Gasteiger partial charge on any atom is 0.326 e. The zero-order valence-corrected chi connectivity index (χ0v) is 22.9. The molecule has 0 aliphatic heterocycles. The van der Waals surface area contributed by atoms with Crippen LogP contribution in [-0.2, 0) is 35.1 Å². The first kappa shape index (κ1) is 32.1. The van der Waals surface area contributed by atoms with Crippen molar-refractivity contribution in [3.8, 4) is 11.5 Å². The number of unbranched alkanes of at least 4 members (excludes halogenated alkanes) is 4. The molecule has 1 atom stereocenters. The quantitative estimate of drug-likeness (QED) is 0.177. The fourth-order valence-corrected chi connectivity index (χ4v) is 3.54.